The van der Waals surface area contributed by atoms with E-state index in [1.165, 1.54) is 12.4 Å². The molecule has 1 aliphatic heterocycles. The minimum absolute atomic E-state index is 0.124. The third-order valence-corrected chi connectivity index (χ3v) is 5.26. The van der Waals surface area contributed by atoms with E-state index in [1.807, 2.05) is 0 Å². The van der Waals surface area contributed by atoms with Crippen molar-refractivity contribution in [2.24, 2.45) is 0 Å². The van der Waals surface area contributed by atoms with E-state index in [0.29, 0.717) is 17.3 Å². The minimum Gasteiger partial charge on any atom is -0.355 e. The molecule has 2 aromatic rings. The van der Waals surface area contributed by atoms with E-state index in [1.54, 1.807) is 24.4 Å². The van der Waals surface area contributed by atoms with Gasteiger partial charge in [0.05, 0.1) is 11.2 Å². The van der Waals surface area contributed by atoms with Crippen molar-refractivity contribution in [3.63, 3.8) is 0 Å². The van der Waals surface area contributed by atoms with Gasteiger partial charge in [-0.25, -0.2) is 9.97 Å². The Balaban J connectivity index is 1.95. The molecule has 1 atom stereocenters. The SMILES string of the molecule is O=C1SC(S(=O)(=O)O)NC1=Cc1ccc2ncncc2c1. The van der Waals surface area contributed by atoms with Gasteiger partial charge >= 0.3 is 0 Å². The molecule has 1 unspecified atom stereocenters. The molecule has 0 radical (unpaired) electrons. The van der Waals surface area contributed by atoms with Gasteiger partial charge in [0.15, 0.2) is 0 Å². The first kappa shape index (κ1) is 14.0. The van der Waals surface area contributed by atoms with Crippen LogP contribution in [0.3, 0.4) is 0 Å². The fraction of sp³-hybridized carbons (Fsp3) is 0.0833. The zero-order valence-corrected chi connectivity index (χ0v) is 12.1. The monoisotopic (exact) mass is 323 g/mol. The first-order chi connectivity index (χ1) is 9.93. The zero-order chi connectivity index (χ0) is 15.0. The van der Waals surface area contributed by atoms with Gasteiger partial charge < -0.3 is 5.32 Å². The molecule has 1 aromatic heterocycles. The predicted molar refractivity (Wildman–Crippen MR) is 78.6 cm³/mol. The highest BCUT2D eigenvalue weighted by molar-refractivity contribution is 8.22. The molecule has 0 saturated carbocycles. The quantitative estimate of drug-likeness (QED) is 0.622. The predicted octanol–water partition coefficient (Wildman–Crippen LogP) is 1.01. The van der Waals surface area contributed by atoms with E-state index < -0.39 is 19.9 Å². The lowest BCUT2D eigenvalue weighted by atomic mass is 10.1. The van der Waals surface area contributed by atoms with Crippen LogP contribution in [0.4, 0.5) is 0 Å². The molecule has 0 aliphatic carbocycles. The first-order valence-corrected chi connectivity index (χ1v) is 8.17. The lowest BCUT2D eigenvalue weighted by Gasteiger charge is -2.04. The molecule has 0 spiro atoms. The summed E-state index contributed by atoms with van der Waals surface area (Å²) in [6.45, 7) is 0. The number of nitrogens with one attached hydrogen (secondary N) is 1. The number of fused-ring (bicyclic) bond motifs is 1. The fourth-order valence-electron chi connectivity index (χ4n) is 1.87. The van der Waals surface area contributed by atoms with Crippen molar-refractivity contribution in [1.82, 2.24) is 15.3 Å². The zero-order valence-electron chi connectivity index (χ0n) is 10.4. The van der Waals surface area contributed by atoms with E-state index in [2.05, 4.69) is 15.3 Å². The second kappa shape index (κ2) is 5.10. The van der Waals surface area contributed by atoms with Crippen molar-refractivity contribution in [3.8, 4) is 0 Å². The Kier molecular flexibility index (Phi) is 3.40. The van der Waals surface area contributed by atoms with E-state index in [-0.39, 0.29) is 5.70 Å². The highest BCUT2D eigenvalue weighted by atomic mass is 32.3. The van der Waals surface area contributed by atoms with Crippen LogP contribution in [-0.4, -0.2) is 32.8 Å². The van der Waals surface area contributed by atoms with Crippen LogP contribution in [0.2, 0.25) is 0 Å². The molecular weight excluding hydrogens is 314 g/mol. The molecule has 21 heavy (non-hydrogen) atoms. The third kappa shape index (κ3) is 2.89. The Morgan fingerprint density at radius 2 is 2.19 bits per heavy atom. The summed E-state index contributed by atoms with van der Waals surface area (Å²) in [6.07, 6.45) is 4.60. The summed E-state index contributed by atoms with van der Waals surface area (Å²) in [5.74, 6) is 0. The highest BCUT2D eigenvalue weighted by Crippen LogP contribution is 2.28. The molecule has 1 aliphatic rings. The van der Waals surface area contributed by atoms with Gasteiger partial charge in [-0.05, 0) is 35.5 Å². The number of hydrogen-bond donors (Lipinski definition) is 2. The van der Waals surface area contributed by atoms with Crippen molar-refractivity contribution in [2.75, 3.05) is 0 Å². The van der Waals surface area contributed by atoms with Gasteiger partial charge in [0.1, 0.15) is 6.33 Å². The number of carbonyl (C=O) groups excluding carboxylic acids is 1. The van der Waals surface area contributed by atoms with E-state index in [4.69, 9.17) is 4.55 Å². The van der Waals surface area contributed by atoms with Crippen molar-refractivity contribution in [2.45, 2.75) is 4.71 Å². The summed E-state index contributed by atoms with van der Waals surface area (Å²) < 4.78 is 29.6. The summed E-state index contributed by atoms with van der Waals surface area (Å²) in [6, 6.07) is 5.31. The van der Waals surface area contributed by atoms with Crippen LogP contribution in [0.1, 0.15) is 5.56 Å². The van der Waals surface area contributed by atoms with Crippen molar-refractivity contribution in [3.05, 3.63) is 42.0 Å². The maximum Gasteiger partial charge on any atom is 0.296 e. The standard InChI is InChI=1S/C12H9N3O4S2/c16-11-10(15-12(20-11)21(17,18)19)4-7-1-2-9-8(3-7)5-13-6-14-9/h1-6,12,15H,(H,17,18,19). The van der Waals surface area contributed by atoms with Crippen LogP contribution >= 0.6 is 11.8 Å². The second-order valence-corrected chi connectivity index (χ2v) is 7.17. The number of aromatic nitrogens is 2. The lowest BCUT2D eigenvalue weighted by molar-refractivity contribution is -0.107. The van der Waals surface area contributed by atoms with Crippen LogP contribution in [0, 0.1) is 0 Å². The van der Waals surface area contributed by atoms with E-state index in [0.717, 1.165) is 10.9 Å². The average Bonchev–Trinajstić information content (AvgIpc) is 2.80. The van der Waals surface area contributed by atoms with Crippen LogP contribution in [-0.2, 0) is 14.9 Å². The topological polar surface area (TPSA) is 109 Å². The smallest absolute Gasteiger partial charge is 0.296 e. The largest absolute Gasteiger partial charge is 0.355 e. The molecule has 1 saturated heterocycles. The second-order valence-electron chi connectivity index (χ2n) is 4.30. The Bertz CT molecular complexity index is 864. The number of carbonyl (C=O) groups is 1. The average molecular weight is 323 g/mol. The van der Waals surface area contributed by atoms with Gasteiger partial charge in [-0.15, -0.1) is 0 Å². The minimum atomic E-state index is -4.33. The van der Waals surface area contributed by atoms with Crippen LogP contribution in [0.25, 0.3) is 17.0 Å². The Morgan fingerprint density at radius 3 is 2.90 bits per heavy atom. The normalized spacial score (nSPS) is 20.9. The molecular formula is C12H9N3O4S2. The lowest BCUT2D eigenvalue weighted by Crippen LogP contribution is -2.27. The van der Waals surface area contributed by atoms with Crippen LogP contribution < -0.4 is 5.32 Å². The molecule has 0 bridgehead atoms. The van der Waals surface area contributed by atoms with Crippen LogP contribution in [0.15, 0.2) is 36.4 Å². The molecule has 3 rings (SSSR count). The Labute approximate surface area is 124 Å². The number of rotatable bonds is 2. The summed E-state index contributed by atoms with van der Waals surface area (Å²) in [7, 11) is -4.33. The Hall–Kier alpha value is -1.97. The molecule has 108 valence electrons. The molecule has 7 nitrogen and oxygen atoms in total. The van der Waals surface area contributed by atoms with Crippen LogP contribution in [0.5, 0.6) is 0 Å². The molecule has 2 N–H and O–H groups in total. The highest BCUT2D eigenvalue weighted by Gasteiger charge is 2.35. The van der Waals surface area contributed by atoms with Crippen molar-refractivity contribution in [1.29, 1.82) is 0 Å². The Morgan fingerprint density at radius 1 is 1.38 bits per heavy atom. The number of nitrogens with zero attached hydrogens (tertiary/aromatic N) is 2. The molecule has 1 aromatic carbocycles. The number of benzene rings is 1. The number of hydrogen-bond acceptors (Lipinski definition) is 7. The summed E-state index contributed by atoms with van der Waals surface area (Å²) in [4.78, 5) is 19.7. The number of thioether (sulfide) groups is 1. The summed E-state index contributed by atoms with van der Waals surface area (Å²) in [5.41, 5.74) is 1.59. The summed E-state index contributed by atoms with van der Waals surface area (Å²) in [5, 5.41) is 2.84. The molecule has 2 heterocycles. The first-order valence-electron chi connectivity index (χ1n) is 5.79. The maximum absolute atomic E-state index is 11.7. The van der Waals surface area contributed by atoms with Gasteiger partial charge in [-0.3, -0.25) is 9.35 Å². The van der Waals surface area contributed by atoms with Gasteiger partial charge in [-0.1, -0.05) is 6.07 Å². The van der Waals surface area contributed by atoms with Crippen molar-refractivity contribution < 1.29 is 17.8 Å². The van der Waals surface area contributed by atoms with E-state index >= 15 is 0 Å². The van der Waals surface area contributed by atoms with Gasteiger partial charge in [0.2, 0.25) is 9.82 Å². The third-order valence-electron chi connectivity index (χ3n) is 2.82. The van der Waals surface area contributed by atoms with Crippen molar-refractivity contribution >= 4 is 44.0 Å². The summed E-state index contributed by atoms with van der Waals surface area (Å²) >= 11 is 0.522. The van der Waals surface area contributed by atoms with Gasteiger partial charge in [0.25, 0.3) is 10.1 Å². The molecule has 0 amide bonds. The molecule has 1 fully saturated rings. The van der Waals surface area contributed by atoms with E-state index in [9.17, 15) is 13.2 Å². The fourth-order valence-corrected chi connectivity index (χ4v) is 3.52. The molecule has 9 heteroatoms. The maximum atomic E-state index is 11.7. The van der Waals surface area contributed by atoms with Gasteiger partial charge in [-0.2, -0.15) is 8.42 Å². The van der Waals surface area contributed by atoms with Gasteiger partial charge in [0, 0.05) is 11.6 Å².